The van der Waals surface area contributed by atoms with Gasteiger partial charge in [-0.1, -0.05) is 18.5 Å². The zero-order valence-electron chi connectivity index (χ0n) is 10.7. The zero-order chi connectivity index (χ0) is 13.6. The number of rotatable bonds is 1. The van der Waals surface area contributed by atoms with E-state index in [1.54, 1.807) is 29.2 Å². The average Bonchev–Trinajstić information content (AvgIpc) is 2.65. The first kappa shape index (κ1) is 12.5. The molecular formula is C14H15ClN2O2. The van der Waals surface area contributed by atoms with Crippen LogP contribution in [0.25, 0.3) is 0 Å². The summed E-state index contributed by atoms with van der Waals surface area (Å²) < 4.78 is 0. The monoisotopic (exact) mass is 278 g/mol. The van der Waals surface area contributed by atoms with Crippen molar-refractivity contribution in [3.63, 3.8) is 0 Å². The molecular weight excluding hydrogens is 264 g/mol. The summed E-state index contributed by atoms with van der Waals surface area (Å²) in [4.78, 5) is 27.8. The van der Waals surface area contributed by atoms with Gasteiger partial charge in [-0.2, -0.15) is 0 Å². The molecule has 19 heavy (non-hydrogen) atoms. The van der Waals surface area contributed by atoms with Crippen LogP contribution in [0.15, 0.2) is 24.3 Å². The lowest BCUT2D eigenvalue weighted by Crippen LogP contribution is -2.44. The number of carbonyl (C=O) groups excluding carboxylic acids is 2. The summed E-state index contributed by atoms with van der Waals surface area (Å²) in [6.07, 6.45) is 1.96. The van der Waals surface area contributed by atoms with E-state index in [0.717, 1.165) is 12.8 Å². The molecule has 3 rings (SSSR count). The van der Waals surface area contributed by atoms with Gasteiger partial charge in [-0.15, -0.1) is 0 Å². The largest absolute Gasteiger partial charge is 0.332 e. The minimum Gasteiger partial charge on any atom is -0.312 e. The first-order chi connectivity index (χ1) is 9.09. The standard InChI is InChI=1S/C14H15ClN2O2/c1-9-3-2-8-16-12(9)13(18)17(14(16)19)11-6-4-10(15)5-7-11/h4-7,9,12H,2-3,8H2,1H3. The molecule has 2 saturated heterocycles. The number of hydrogen-bond donors (Lipinski definition) is 0. The maximum Gasteiger partial charge on any atom is 0.332 e. The highest BCUT2D eigenvalue weighted by Crippen LogP contribution is 2.33. The first-order valence-corrected chi connectivity index (χ1v) is 6.87. The van der Waals surface area contributed by atoms with Crippen LogP contribution in [-0.2, 0) is 4.79 Å². The third-order valence-electron chi connectivity index (χ3n) is 3.93. The third-order valence-corrected chi connectivity index (χ3v) is 4.18. The number of fused-ring (bicyclic) bond motifs is 1. The fourth-order valence-corrected chi connectivity index (χ4v) is 3.09. The molecule has 100 valence electrons. The van der Waals surface area contributed by atoms with Crippen LogP contribution in [0, 0.1) is 5.92 Å². The molecule has 2 heterocycles. The van der Waals surface area contributed by atoms with Crippen LogP contribution in [0.1, 0.15) is 19.8 Å². The number of piperidine rings is 1. The van der Waals surface area contributed by atoms with Gasteiger partial charge in [0.1, 0.15) is 6.04 Å². The van der Waals surface area contributed by atoms with Gasteiger partial charge in [0.15, 0.2) is 0 Å². The van der Waals surface area contributed by atoms with Crippen molar-refractivity contribution in [2.45, 2.75) is 25.8 Å². The Morgan fingerprint density at radius 2 is 1.89 bits per heavy atom. The zero-order valence-corrected chi connectivity index (χ0v) is 11.4. The topological polar surface area (TPSA) is 40.6 Å². The van der Waals surface area contributed by atoms with Crippen molar-refractivity contribution in [3.8, 4) is 0 Å². The normalized spacial score (nSPS) is 26.8. The molecule has 2 fully saturated rings. The summed E-state index contributed by atoms with van der Waals surface area (Å²) in [5.41, 5.74) is 0.598. The van der Waals surface area contributed by atoms with Crippen molar-refractivity contribution in [2.75, 3.05) is 11.4 Å². The second-order valence-corrected chi connectivity index (χ2v) is 5.63. The molecule has 1 aromatic carbocycles. The maximum atomic E-state index is 12.5. The molecule has 1 aromatic rings. The van der Waals surface area contributed by atoms with Crippen molar-refractivity contribution in [3.05, 3.63) is 29.3 Å². The Balaban J connectivity index is 1.97. The maximum absolute atomic E-state index is 12.5. The summed E-state index contributed by atoms with van der Waals surface area (Å²) in [7, 11) is 0. The highest BCUT2D eigenvalue weighted by Gasteiger charge is 2.49. The fourth-order valence-electron chi connectivity index (χ4n) is 2.96. The molecule has 2 unspecified atom stereocenters. The summed E-state index contributed by atoms with van der Waals surface area (Å²) in [6, 6.07) is 6.31. The Bertz CT molecular complexity index is 529. The van der Waals surface area contributed by atoms with E-state index in [1.165, 1.54) is 4.90 Å². The Morgan fingerprint density at radius 3 is 2.53 bits per heavy atom. The van der Waals surface area contributed by atoms with Gasteiger partial charge in [-0.05, 0) is 43.0 Å². The van der Waals surface area contributed by atoms with Crippen LogP contribution in [0.5, 0.6) is 0 Å². The number of anilines is 1. The van der Waals surface area contributed by atoms with E-state index in [1.807, 2.05) is 6.92 Å². The van der Waals surface area contributed by atoms with Crippen LogP contribution >= 0.6 is 11.6 Å². The number of hydrogen-bond acceptors (Lipinski definition) is 2. The minimum atomic E-state index is -0.295. The molecule has 0 aromatic heterocycles. The SMILES string of the molecule is CC1CCCN2C(=O)N(c3ccc(Cl)cc3)C(=O)C12. The van der Waals surface area contributed by atoms with Crippen LogP contribution in [0.2, 0.25) is 5.02 Å². The van der Waals surface area contributed by atoms with Crippen LogP contribution in [-0.4, -0.2) is 29.4 Å². The molecule has 2 aliphatic heterocycles. The smallest absolute Gasteiger partial charge is 0.312 e. The summed E-state index contributed by atoms with van der Waals surface area (Å²) >= 11 is 5.84. The Labute approximate surface area is 116 Å². The van der Waals surface area contributed by atoms with Crippen molar-refractivity contribution in [2.24, 2.45) is 5.92 Å². The van der Waals surface area contributed by atoms with Gasteiger partial charge in [0.25, 0.3) is 5.91 Å². The minimum absolute atomic E-state index is 0.112. The predicted molar refractivity (Wildman–Crippen MR) is 73.2 cm³/mol. The summed E-state index contributed by atoms with van der Waals surface area (Å²) in [5, 5.41) is 0.592. The molecule has 0 saturated carbocycles. The Hall–Kier alpha value is -1.55. The number of benzene rings is 1. The van der Waals surface area contributed by atoms with Crippen molar-refractivity contribution in [1.82, 2.24) is 4.90 Å². The number of carbonyl (C=O) groups is 2. The third kappa shape index (κ3) is 1.91. The van der Waals surface area contributed by atoms with E-state index < -0.39 is 0 Å². The van der Waals surface area contributed by atoms with E-state index in [-0.39, 0.29) is 23.9 Å². The van der Waals surface area contributed by atoms with E-state index in [4.69, 9.17) is 11.6 Å². The van der Waals surface area contributed by atoms with Gasteiger partial charge in [0.05, 0.1) is 5.69 Å². The van der Waals surface area contributed by atoms with Crippen molar-refractivity contribution < 1.29 is 9.59 Å². The molecule has 4 nitrogen and oxygen atoms in total. The van der Waals surface area contributed by atoms with Gasteiger partial charge >= 0.3 is 6.03 Å². The molecule has 2 aliphatic rings. The van der Waals surface area contributed by atoms with Crippen LogP contribution in [0.3, 0.4) is 0 Å². The molecule has 3 amide bonds. The van der Waals surface area contributed by atoms with Crippen molar-refractivity contribution >= 4 is 29.2 Å². The van der Waals surface area contributed by atoms with Crippen molar-refractivity contribution in [1.29, 1.82) is 0 Å². The number of amides is 3. The van der Waals surface area contributed by atoms with E-state index in [9.17, 15) is 9.59 Å². The lowest BCUT2D eigenvalue weighted by atomic mass is 9.91. The molecule has 2 atom stereocenters. The highest BCUT2D eigenvalue weighted by molar-refractivity contribution is 6.30. The molecule has 0 spiro atoms. The number of imide groups is 1. The van der Waals surface area contributed by atoms with Gasteiger partial charge < -0.3 is 4.90 Å². The predicted octanol–water partition coefficient (Wildman–Crippen LogP) is 2.91. The number of halogens is 1. The summed E-state index contributed by atoms with van der Waals surface area (Å²) in [5.74, 6) is 0.113. The highest BCUT2D eigenvalue weighted by atomic mass is 35.5. The quantitative estimate of drug-likeness (QED) is 0.741. The van der Waals surface area contributed by atoms with Gasteiger partial charge in [0, 0.05) is 11.6 Å². The first-order valence-electron chi connectivity index (χ1n) is 6.50. The molecule has 0 bridgehead atoms. The molecule has 0 aliphatic carbocycles. The molecule has 0 radical (unpaired) electrons. The van der Waals surface area contributed by atoms with E-state index in [0.29, 0.717) is 17.3 Å². The number of urea groups is 1. The second-order valence-electron chi connectivity index (χ2n) is 5.19. The van der Waals surface area contributed by atoms with Crippen LogP contribution in [0.4, 0.5) is 10.5 Å². The average molecular weight is 279 g/mol. The number of nitrogens with zero attached hydrogens (tertiary/aromatic N) is 2. The second kappa shape index (κ2) is 4.53. The van der Waals surface area contributed by atoms with E-state index in [2.05, 4.69) is 0 Å². The summed E-state index contributed by atoms with van der Waals surface area (Å²) in [6.45, 7) is 2.71. The van der Waals surface area contributed by atoms with Gasteiger partial charge in [0.2, 0.25) is 0 Å². The van der Waals surface area contributed by atoms with E-state index >= 15 is 0 Å². The molecule has 0 N–H and O–H groups in total. The van der Waals surface area contributed by atoms with Gasteiger partial charge in [-0.3, -0.25) is 4.79 Å². The lowest BCUT2D eigenvalue weighted by Gasteiger charge is -2.31. The molecule has 5 heteroatoms. The Kier molecular flexibility index (Phi) is 2.97. The van der Waals surface area contributed by atoms with Gasteiger partial charge in [-0.25, -0.2) is 9.69 Å². The fraction of sp³-hybridized carbons (Fsp3) is 0.429. The lowest BCUT2D eigenvalue weighted by molar-refractivity contribution is -0.121. The van der Waals surface area contributed by atoms with Crippen LogP contribution < -0.4 is 4.90 Å². The Morgan fingerprint density at radius 1 is 1.21 bits per heavy atom.